The van der Waals surface area contributed by atoms with Gasteiger partial charge in [-0.05, 0) is 38.0 Å². The number of amidine groups is 1. The number of ether oxygens (including phenoxy) is 3. The first-order valence-corrected chi connectivity index (χ1v) is 10.6. The zero-order chi connectivity index (χ0) is 21.0. The van der Waals surface area contributed by atoms with Crippen LogP contribution in [0.25, 0.3) is 0 Å². The molecule has 2 aliphatic heterocycles. The van der Waals surface area contributed by atoms with E-state index in [-0.39, 0.29) is 17.8 Å². The molecule has 0 radical (unpaired) electrons. The smallest absolute Gasteiger partial charge is 0.338 e. The molecule has 2 heterocycles. The maximum atomic E-state index is 13.1. The lowest BCUT2D eigenvalue weighted by Crippen LogP contribution is -2.40. The Morgan fingerprint density at radius 1 is 1.21 bits per heavy atom. The van der Waals surface area contributed by atoms with Gasteiger partial charge >= 0.3 is 5.97 Å². The van der Waals surface area contributed by atoms with E-state index in [1.165, 1.54) is 11.8 Å². The van der Waals surface area contributed by atoms with Crippen LogP contribution in [0.5, 0.6) is 5.75 Å². The number of carbonyl (C=O) groups excluding carboxylic acids is 2. The van der Waals surface area contributed by atoms with E-state index >= 15 is 0 Å². The van der Waals surface area contributed by atoms with E-state index in [4.69, 9.17) is 14.2 Å². The van der Waals surface area contributed by atoms with Gasteiger partial charge in [0.1, 0.15) is 12.4 Å². The zero-order valence-corrected chi connectivity index (χ0v) is 18.0. The van der Waals surface area contributed by atoms with E-state index in [1.807, 2.05) is 38.1 Å². The highest BCUT2D eigenvalue weighted by molar-refractivity contribution is 8.15. The Bertz CT molecular complexity index is 834. The molecule has 0 N–H and O–H groups in total. The van der Waals surface area contributed by atoms with Crippen LogP contribution >= 0.6 is 11.8 Å². The summed E-state index contributed by atoms with van der Waals surface area (Å²) in [5.41, 5.74) is 1.75. The minimum atomic E-state index is -0.579. The molecule has 0 saturated carbocycles. The average molecular weight is 419 g/mol. The van der Waals surface area contributed by atoms with Gasteiger partial charge in [-0.25, -0.2) is 9.79 Å². The lowest BCUT2D eigenvalue weighted by atomic mass is 9.94. The van der Waals surface area contributed by atoms with Gasteiger partial charge in [0.2, 0.25) is 5.91 Å². The molecule has 0 bridgehead atoms. The van der Waals surface area contributed by atoms with E-state index in [0.717, 1.165) is 11.3 Å². The summed E-state index contributed by atoms with van der Waals surface area (Å²) in [6, 6.07) is 6.87. The number of thioether (sulfide) groups is 1. The Kier molecular flexibility index (Phi) is 6.97. The monoisotopic (exact) mass is 418 g/mol. The number of hydrogen-bond donors (Lipinski definition) is 0. The second-order valence-electron chi connectivity index (χ2n) is 6.65. The van der Waals surface area contributed by atoms with Gasteiger partial charge < -0.3 is 14.2 Å². The topological polar surface area (TPSA) is 77.4 Å². The van der Waals surface area contributed by atoms with Crippen LogP contribution in [0.3, 0.4) is 0 Å². The van der Waals surface area contributed by atoms with Crippen molar-refractivity contribution >= 4 is 28.8 Å². The molecule has 0 aliphatic carbocycles. The van der Waals surface area contributed by atoms with Crippen molar-refractivity contribution in [2.45, 2.75) is 38.5 Å². The number of fused-ring (bicyclic) bond motifs is 1. The molecule has 3 rings (SSSR count). The summed E-state index contributed by atoms with van der Waals surface area (Å²) >= 11 is 1.45. The maximum Gasteiger partial charge on any atom is 0.338 e. The molecule has 0 unspecified atom stereocenters. The van der Waals surface area contributed by atoms with Crippen molar-refractivity contribution in [3.63, 3.8) is 0 Å². The highest BCUT2D eigenvalue weighted by Gasteiger charge is 2.47. The quantitative estimate of drug-likeness (QED) is 0.476. The molecule has 1 aromatic carbocycles. The standard InChI is InChI=1S/C21H26N2O5S/c1-5-16-19(24)23-18(14-7-9-15(10-8-14)27-6-2)17(13(3)22-21(23)29-16)20(25)28-12-11-26-4/h7-10,16,18H,5-6,11-12H2,1-4H3/t16-,18-/m0/s1. The summed E-state index contributed by atoms with van der Waals surface area (Å²) in [5.74, 6) is 0.211. The van der Waals surface area contributed by atoms with E-state index in [9.17, 15) is 9.59 Å². The second kappa shape index (κ2) is 9.45. The van der Waals surface area contributed by atoms with Gasteiger partial charge in [0.05, 0.1) is 35.8 Å². The van der Waals surface area contributed by atoms with Crippen LogP contribution in [-0.4, -0.2) is 54.1 Å². The highest BCUT2D eigenvalue weighted by Crippen LogP contribution is 2.44. The number of methoxy groups -OCH3 is 1. The number of amides is 1. The van der Waals surface area contributed by atoms with Crippen LogP contribution in [0.15, 0.2) is 40.5 Å². The molecule has 7 nitrogen and oxygen atoms in total. The predicted octanol–water partition coefficient (Wildman–Crippen LogP) is 3.31. The van der Waals surface area contributed by atoms with Crippen LogP contribution < -0.4 is 4.74 Å². The SMILES string of the molecule is CCOc1ccc([C@H]2C(C(=O)OCCOC)=C(C)N=C3S[C@@H](CC)C(=O)N32)cc1. The van der Waals surface area contributed by atoms with Gasteiger partial charge in [-0.3, -0.25) is 9.69 Å². The Morgan fingerprint density at radius 3 is 2.55 bits per heavy atom. The number of benzene rings is 1. The summed E-state index contributed by atoms with van der Waals surface area (Å²) in [7, 11) is 1.54. The number of hydrogen-bond acceptors (Lipinski definition) is 7. The Morgan fingerprint density at radius 2 is 1.93 bits per heavy atom. The van der Waals surface area contributed by atoms with Crippen LogP contribution in [-0.2, 0) is 19.1 Å². The third kappa shape index (κ3) is 4.33. The van der Waals surface area contributed by atoms with Gasteiger partial charge in [-0.2, -0.15) is 0 Å². The number of esters is 1. The first kappa shape index (κ1) is 21.4. The summed E-state index contributed by atoms with van der Waals surface area (Å²) < 4.78 is 15.9. The van der Waals surface area contributed by atoms with Gasteiger partial charge in [0.25, 0.3) is 0 Å². The fourth-order valence-electron chi connectivity index (χ4n) is 3.37. The van der Waals surface area contributed by atoms with Crippen LogP contribution in [0.1, 0.15) is 38.8 Å². The molecular weight excluding hydrogens is 392 g/mol. The summed E-state index contributed by atoms with van der Waals surface area (Å²) in [5, 5.41) is 0.433. The minimum Gasteiger partial charge on any atom is -0.494 e. The molecule has 29 heavy (non-hydrogen) atoms. The summed E-state index contributed by atoms with van der Waals surface area (Å²) in [6.45, 7) is 6.68. The third-order valence-corrected chi connectivity index (χ3v) is 6.09. The van der Waals surface area contributed by atoms with Crippen LogP contribution in [0.4, 0.5) is 0 Å². The van der Waals surface area contributed by atoms with Gasteiger partial charge in [-0.15, -0.1) is 0 Å². The molecule has 1 fully saturated rings. The Balaban J connectivity index is 2.01. The average Bonchev–Trinajstić information content (AvgIpc) is 3.03. The van der Waals surface area contributed by atoms with Gasteiger partial charge in [0, 0.05) is 7.11 Å². The highest BCUT2D eigenvalue weighted by atomic mass is 32.2. The summed E-state index contributed by atoms with van der Waals surface area (Å²) in [4.78, 5) is 32.2. The fraction of sp³-hybridized carbons (Fsp3) is 0.476. The molecule has 1 aromatic rings. The van der Waals surface area contributed by atoms with Gasteiger partial charge in [0.15, 0.2) is 5.17 Å². The molecule has 2 atom stereocenters. The lowest BCUT2D eigenvalue weighted by molar-refractivity contribution is -0.141. The molecule has 2 aliphatic rings. The molecule has 1 saturated heterocycles. The first-order chi connectivity index (χ1) is 14.0. The van der Waals surface area contributed by atoms with Crippen molar-refractivity contribution in [3.05, 3.63) is 41.1 Å². The molecule has 0 aromatic heterocycles. The Labute approximate surface area is 175 Å². The Hall–Kier alpha value is -2.32. The van der Waals surface area contributed by atoms with Gasteiger partial charge in [-0.1, -0.05) is 30.8 Å². The van der Waals surface area contributed by atoms with Crippen molar-refractivity contribution in [3.8, 4) is 5.75 Å². The maximum absolute atomic E-state index is 13.1. The largest absolute Gasteiger partial charge is 0.494 e. The van der Waals surface area contributed by atoms with E-state index in [2.05, 4.69) is 4.99 Å². The number of allylic oxidation sites excluding steroid dienone is 1. The minimum absolute atomic E-state index is 0.0372. The second-order valence-corrected chi connectivity index (χ2v) is 7.82. The van der Waals surface area contributed by atoms with Crippen molar-refractivity contribution < 1.29 is 23.8 Å². The normalized spacial score (nSPS) is 21.2. The molecular formula is C21H26N2O5S. The van der Waals surface area contributed by atoms with Crippen molar-refractivity contribution in [1.82, 2.24) is 4.90 Å². The van der Waals surface area contributed by atoms with Crippen LogP contribution in [0.2, 0.25) is 0 Å². The number of rotatable bonds is 8. The molecule has 1 amide bonds. The first-order valence-electron chi connectivity index (χ1n) is 9.69. The lowest BCUT2D eigenvalue weighted by Gasteiger charge is -2.33. The van der Waals surface area contributed by atoms with Crippen molar-refractivity contribution in [2.24, 2.45) is 4.99 Å². The number of nitrogens with zero attached hydrogens (tertiary/aromatic N) is 2. The molecule has 156 valence electrons. The van der Waals surface area contributed by atoms with Crippen LogP contribution in [0, 0.1) is 0 Å². The summed E-state index contributed by atoms with van der Waals surface area (Å²) in [6.07, 6.45) is 0.696. The zero-order valence-electron chi connectivity index (χ0n) is 17.1. The third-order valence-electron chi connectivity index (χ3n) is 4.77. The number of carbonyl (C=O) groups is 2. The predicted molar refractivity (Wildman–Crippen MR) is 112 cm³/mol. The van der Waals surface area contributed by atoms with E-state index < -0.39 is 12.0 Å². The van der Waals surface area contributed by atoms with E-state index in [0.29, 0.717) is 36.1 Å². The van der Waals surface area contributed by atoms with Crippen molar-refractivity contribution in [1.29, 1.82) is 0 Å². The molecule has 0 spiro atoms. The van der Waals surface area contributed by atoms with E-state index in [1.54, 1.807) is 18.9 Å². The fourth-order valence-corrected chi connectivity index (χ4v) is 4.51. The number of aliphatic imine (C=N–C) groups is 1. The molecule has 8 heteroatoms. The van der Waals surface area contributed by atoms with Crippen molar-refractivity contribution in [2.75, 3.05) is 26.9 Å².